The highest BCUT2D eigenvalue weighted by molar-refractivity contribution is 7.22. The van der Waals surface area contributed by atoms with Gasteiger partial charge in [-0.3, -0.25) is 9.89 Å². The van der Waals surface area contributed by atoms with Gasteiger partial charge >= 0.3 is 6.03 Å². The minimum atomic E-state index is -0.913. The molecule has 4 heterocycles. The Morgan fingerprint density at radius 3 is 3.05 bits per heavy atom. The van der Waals surface area contributed by atoms with Crippen LogP contribution in [0.25, 0.3) is 21.1 Å². The number of para-hydroxylation sites is 1. The van der Waals surface area contributed by atoms with E-state index in [-0.39, 0.29) is 44.5 Å². The molecule has 2 aliphatic rings. The number of hydrazine groups is 1. The van der Waals surface area contributed by atoms with Crippen LogP contribution in [0, 0.1) is 17.6 Å². The molecule has 4 N–H and O–H groups in total. The Labute approximate surface area is 253 Å². The largest absolute Gasteiger partial charge is 0.631 e. The number of hydroxylamine groups is 3. The van der Waals surface area contributed by atoms with Gasteiger partial charge in [0.25, 0.3) is 5.91 Å². The van der Waals surface area contributed by atoms with E-state index in [1.54, 1.807) is 16.1 Å². The molecule has 2 saturated heterocycles. The fourth-order valence-corrected chi connectivity index (χ4v) is 7.04. The van der Waals surface area contributed by atoms with E-state index in [0.29, 0.717) is 18.2 Å². The number of unbranched alkanes of at least 4 members (excludes halogenated alkanes) is 1. The molecule has 3 amide bonds. The second kappa shape index (κ2) is 11.8. The maximum Gasteiger partial charge on any atom is 0.333 e. The highest BCUT2D eigenvalue weighted by Gasteiger charge is 2.56. The number of nitrogen functional groups attached to an aromatic ring is 1. The van der Waals surface area contributed by atoms with Crippen molar-refractivity contribution in [1.29, 1.82) is 0 Å². The van der Waals surface area contributed by atoms with Crippen molar-refractivity contribution in [2.24, 2.45) is 0 Å². The molecule has 12 nitrogen and oxygen atoms in total. The molecule has 1 unspecified atom stereocenters. The zero-order valence-corrected chi connectivity index (χ0v) is 24.8. The molecule has 224 valence electrons. The van der Waals surface area contributed by atoms with Crippen molar-refractivity contribution in [1.82, 2.24) is 35.4 Å². The first-order valence-corrected chi connectivity index (χ1v) is 15.3. The number of aromatic amines is 1. The van der Waals surface area contributed by atoms with Crippen molar-refractivity contribution in [3.8, 4) is 12.3 Å². The van der Waals surface area contributed by atoms with Crippen LogP contribution in [-0.2, 0) is 17.8 Å². The van der Waals surface area contributed by atoms with Gasteiger partial charge < -0.3 is 25.8 Å². The first-order chi connectivity index (χ1) is 20.8. The number of fused-ring (bicyclic) bond motifs is 3. The normalized spacial score (nSPS) is 22.2. The number of amides is 3. The predicted octanol–water partition coefficient (Wildman–Crippen LogP) is 3.02. The summed E-state index contributed by atoms with van der Waals surface area (Å²) in [5, 5.41) is 29.4. The molecule has 0 saturated carbocycles. The molecule has 2 aromatic heterocycles. The van der Waals surface area contributed by atoms with Crippen molar-refractivity contribution in [2.45, 2.75) is 44.9 Å². The number of H-pyrrole nitrogens is 1. The van der Waals surface area contributed by atoms with Gasteiger partial charge in [-0.15, -0.1) is 6.42 Å². The van der Waals surface area contributed by atoms with Crippen LogP contribution in [0.3, 0.4) is 0 Å². The summed E-state index contributed by atoms with van der Waals surface area (Å²) in [7, 11) is 0. The number of nitrogens with two attached hydrogens (primary N) is 1. The van der Waals surface area contributed by atoms with Crippen molar-refractivity contribution >= 4 is 49.5 Å². The van der Waals surface area contributed by atoms with Crippen LogP contribution in [0.4, 0.5) is 9.93 Å². The van der Waals surface area contributed by atoms with Crippen molar-refractivity contribution < 1.29 is 14.2 Å². The van der Waals surface area contributed by atoms with E-state index >= 15 is 0 Å². The Balaban J connectivity index is 1.35. The number of urea groups is 1. The monoisotopic (exact) mass is 601 g/mol. The third-order valence-electron chi connectivity index (χ3n) is 8.44. The Morgan fingerprint density at radius 1 is 1.37 bits per heavy atom. The van der Waals surface area contributed by atoms with E-state index in [1.807, 2.05) is 43.3 Å². The molecule has 2 aliphatic heterocycles. The Bertz CT molecular complexity index is 1700. The van der Waals surface area contributed by atoms with Crippen LogP contribution in [-0.4, -0.2) is 91.6 Å². The summed E-state index contributed by atoms with van der Waals surface area (Å²) in [6.07, 6.45) is 8.71. The lowest BCUT2D eigenvalue weighted by Gasteiger charge is -2.55. The van der Waals surface area contributed by atoms with Crippen LogP contribution in [0.5, 0.6) is 0 Å². The maximum atomic E-state index is 14.9. The van der Waals surface area contributed by atoms with Crippen LogP contribution in [0.1, 0.15) is 30.9 Å². The number of benzene rings is 2. The number of nitrogens with zero attached hydrogens (tertiary/aromatic N) is 6. The minimum Gasteiger partial charge on any atom is -0.631 e. The molecule has 4 aromatic rings. The number of anilines is 1. The van der Waals surface area contributed by atoms with Gasteiger partial charge in [-0.25, -0.2) is 14.8 Å². The summed E-state index contributed by atoms with van der Waals surface area (Å²) in [5.41, 5.74) is 9.36. The molecule has 3 atom stereocenters. The van der Waals surface area contributed by atoms with Crippen LogP contribution in [0.2, 0.25) is 0 Å². The summed E-state index contributed by atoms with van der Waals surface area (Å²) in [5.74, 6) is 2.35. The number of quaternary nitrogens is 1. The average molecular weight is 602 g/mol. The standard InChI is InChI=1S/C30H35N9O3S/c1-3-5-11-32-30(41)38(12-4-2)37-13-14-39(42)24(16-20-9-10-23-22(15-20)17-33-35-23)28(40)36(19-26(37)39)18-21-7-6-8-25-27(21)34-29(31)43-25/h2,6-10,15,17,24,26H,3,5,11-14,16,18-19H2,1H3,(H2,31,34)(H,32,41)(H,33,35)/t24-,26+,39?/m0/s1. The number of terminal acetylenes is 1. The third-order valence-corrected chi connectivity index (χ3v) is 9.29. The van der Waals surface area contributed by atoms with Gasteiger partial charge in [0.05, 0.1) is 41.6 Å². The number of carbonyl (C=O) groups excluding carboxylic acids is 2. The van der Waals surface area contributed by atoms with E-state index in [2.05, 4.69) is 26.4 Å². The van der Waals surface area contributed by atoms with Gasteiger partial charge in [0.1, 0.15) is 6.54 Å². The molecule has 6 rings (SSSR count). The molecule has 0 bridgehead atoms. The lowest BCUT2D eigenvalue weighted by Crippen LogP contribution is -2.72. The molecular weight excluding hydrogens is 566 g/mol. The topological polar surface area (TPSA) is 147 Å². The van der Waals surface area contributed by atoms with Gasteiger partial charge in [-0.2, -0.15) is 10.1 Å². The Morgan fingerprint density at radius 2 is 2.23 bits per heavy atom. The smallest absolute Gasteiger partial charge is 0.333 e. The maximum absolute atomic E-state index is 14.9. The summed E-state index contributed by atoms with van der Waals surface area (Å²) >= 11 is 1.39. The Hall–Kier alpha value is -4.22. The van der Waals surface area contributed by atoms with E-state index in [0.717, 1.165) is 45.1 Å². The van der Waals surface area contributed by atoms with Gasteiger partial charge in [0.15, 0.2) is 17.3 Å². The molecular formula is C30H35N9O3S. The van der Waals surface area contributed by atoms with Crippen molar-refractivity contribution in [2.75, 3.05) is 38.5 Å². The Kier molecular flexibility index (Phi) is 7.93. The summed E-state index contributed by atoms with van der Waals surface area (Å²) in [6.45, 7) is 3.43. The number of carbonyl (C=O) groups is 2. The molecule has 0 radical (unpaired) electrons. The van der Waals surface area contributed by atoms with Crippen LogP contribution < -0.4 is 11.1 Å². The zero-order chi connectivity index (χ0) is 30.1. The van der Waals surface area contributed by atoms with Crippen molar-refractivity contribution in [3.05, 3.63) is 58.9 Å². The lowest BCUT2D eigenvalue weighted by atomic mass is 9.98. The van der Waals surface area contributed by atoms with E-state index in [4.69, 9.17) is 12.2 Å². The first kappa shape index (κ1) is 28.9. The van der Waals surface area contributed by atoms with E-state index < -0.39 is 16.9 Å². The minimum absolute atomic E-state index is 0.0155. The van der Waals surface area contributed by atoms with Gasteiger partial charge in [-0.1, -0.05) is 48.8 Å². The summed E-state index contributed by atoms with van der Waals surface area (Å²) < 4.78 is 0.181. The summed E-state index contributed by atoms with van der Waals surface area (Å²) in [4.78, 5) is 33.8. The third kappa shape index (κ3) is 5.38. The highest BCUT2D eigenvalue weighted by atomic mass is 32.1. The summed E-state index contributed by atoms with van der Waals surface area (Å²) in [6, 6.07) is 10.4. The van der Waals surface area contributed by atoms with E-state index in [9.17, 15) is 14.8 Å². The van der Waals surface area contributed by atoms with Crippen LogP contribution >= 0.6 is 11.3 Å². The SMILES string of the molecule is C#CCN(C(=O)NCCCC)N1CC[N+]2([O-])[C@@H]1CN(Cc1cccc3sc(N)nc13)C(=O)[C@@H]2Cc1ccc2[nH]ncc2c1. The van der Waals surface area contributed by atoms with Gasteiger partial charge in [0.2, 0.25) is 0 Å². The van der Waals surface area contributed by atoms with Gasteiger partial charge in [0, 0.05) is 24.9 Å². The second-order valence-corrected chi connectivity index (χ2v) is 12.2. The fourth-order valence-electron chi connectivity index (χ4n) is 6.26. The highest BCUT2D eigenvalue weighted by Crippen LogP contribution is 2.37. The molecule has 2 fully saturated rings. The first-order valence-electron chi connectivity index (χ1n) is 14.5. The molecule has 13 heteroatoms. The predicted molar refractivity (Wildman–Crippen MR) is 166 cm³/mol. The number of hydrogen-bond donors (Lipinski definition) is 3. The number of hydrogen-bond acceptors (Lipinski definition) is 8. The number of nitrogens with one attached hydrogen (secondary N) is 2. The number of aromatic nitrogens is 3. The fraction of sp³-hybridized carbons (Fsp3) is 0.400. The molecule has 2 aromatic carbocycles. The molecule has 0 aliphatic carbocycles. The number of piperazine rings is 1. The number of rotatable bonds is 9. The van der Waals surface area contributed by atoms with Crippen LogP contribution in [0.15, 0.2) is 42.6 Å². The second-order valence-electron chi connectivity index (χ2n) is 11.1. The number of thiazole rings is 1. The van der Waals surface area contributed by atoms with Crippen molar-refractivity contribution in [3.63, 3.8) is 0 Å². The van der Waals surface area contributed by atoms with E-state index in [1.165, 1.54) is 16.3 Å². The van der Waals surface area contributed by atoms with Gasteiger partial charge in [-0.05, 0) is 35.7 Å². The molecule has 43 heavy (non-hydrogen) atoms. The zero-order valence-electron chi connectivity index (χ0n) is 24.0. The quantitative estimate of drug-likeness (QED) is 0.116. The lowest BCUT2D eigenvalue weighted by molar-refractivity contribution is -0.918. The average Bonchev–Trinajstić information content (AvgIpc) is 3.71. The molecule has 0 spiro atoms.